The van der Waals surface area contributed by atoms with E-state index in [1.54, 1.807) is 0 Å². The molecule has 0 spiro atoms. The predicted molar refractivity (Wildman–Crippen MR) is 89.3 cm³/mol. The minimum Gasteiger partial charge on any atom is -0.126 e. The van der Waals surface area contributed by atoms with Crippen LogP contribution in [-0.4, -0.2) is 5.88 Å². The van der Waals surface area contributed by atoms with E-state index in [2.05, 4.69) is 18.2 Å². The third-order valence-corrected chi connectivity index (χ3v) is 4.37. The summed E-state index contributed by atoms with van der Waals surface area (Å²) in [5, 5.41) is 1.59. The fourth-order valence-electron chi connectivity index (χ4n) is 2.31. The third kappa shape index (κ3) is 4.41. The molecule has 2 aromatic rings. The van der Waals surface area contributed by atoms with Crippen molar-refractivity contribution in [3.8, 4) is 0 Å². The first-order chi connectivity index (χ1) is 9.58. The molecule has 20 heavy (non-hydrogen) atoms. The van der Waals surface area contributed by atoms with Gasteiger partial charge in [-0.15, -0.1) is 11.6 Å². The van der Waals surface area contributed by atoms with Crippen LogP contribution in [0.25, 0.3) is 0 Å². The molecule has 0 aliphatic rings. The van der Waals surface area contributed by atoms with Gasteiger partial charge in [-0.2, -0.15) is 0 Å². The minimum absolute atomic E-state index is 0.357. The van der Waals surface area contributed by atoms with Gasteiger partial charge >= 0.3 is 0 Å². The molecule has 0 aliphatic heterocycles. The molecule has 0 aromatic heterocycles. The highest BCUT2D eigenvalue weighted by Crippen LogP contribution is 2.24. The van der Waals surface area contributed by atoms with Gasteiger partial charge in [0, 0.05) is 15.9 Å². The molecule has 0 N–H and O–H groups in total. The van der Waals surface area contributed by atoms with Crippen molar-refractivity contribution in [1.29, 1.82) is 0 Å². The van der Waals surface area contributed by atoms with Gasteiger partial charge in [-0.1, -0.05) is 47.5 Å². The lowest BCUT2D eigenvalue weighted by molar-refractivity contribution is 0.584. The number of aryl methyl sites for hydroxylation is 1. The first-order valence-electron chi connectivity index (χ1n) is 6.64. The Hall–Kier alpha value is -0.690. The van der Waals surface area contributed by atoms with E-state index in [9.17, 15) is 0 Å². The molecule has 3 heteroatoms. The standard InChI is InChI=1S/C17H17Cl3/c1-12-5-6-15(17(20)7-12)9-14(11-18)8-13-3-2-4-16(19)10-13/h2-7,10,14H,8-9,11H2,1H3. The molecular formula is C17H17Cl3. The van der Waals surface area contributed by atoms with Gasteiger partial charge in [0.2, 0.25) is 0 Å². The molecule has 0 saturated heterocycles. The lowest BCUT2D eigenvalue weighted by Crippen LogP contribution is -2.10. The molecule has 0 aliphatic carbocycles. The molecular weight excluding hydrogens is 311 g/mol. The number of alkyl halides is 1. The maximum Gasteiger partial charge on any atom is 0.0440 e. The van der Waals surface area contributed by atoms with Crippen LogP contribution in [0.3, 0.4) is 0 Å². The average Bonchev–Trinajstić information content (AvgIpc) is 2.41. The SMILES string of the molecule is Cc1ccc(CC(CCl)Cc2cccc(Cl)c2)c(Cl)c1. The lowest BCUT2D eigenvalue weighted by Gasteiger charge is -2.15. The summed E-state index contributed by atoms with van der Waals surface area (Å²) in [5.74, 6) is 0.965. The van der Waals surface area contributed by atoms with Crippen LogP contribution in [0.2, 0.25) is 10.0 Å². The summed E-state index contributed by atoms with van der Waals surface area (Å²) in [6.07, 6.45) is 1.80. The molecule has 0 amide bonds. The van der Waals surface area contributed by atoms with Crippen LogP contribution in [0.1, 0.15) is 16.7 Å². The van der Waals surface area contributed by atoms with Gasteiger partial charge in [0.1, 0.15) is 0 Å². The zero-order chi connectivity index (χ0) is 14.5. The van der Waals surface area contributed by atoms with E-state index in [0.29, 0.717) is 11.8 Å². The monoisotopic (exact) mass is 326 g/mol. The minimum atomic E-state index is 0.357. The van der Waals surface area contributed by atoms with Crippen molar-refractivity contribution in [2.75, 3.05) is 5.88 Å². The fourth-order valence-corrected chi connectivity index (χ4v) is 3.05. The van der Waals surface area contributed by atoms with Crippen molar-refractivity contribution in [2.24, 2.45) is 5.92 Å². The van der Waals surface area contributed by atoms with Crippen LogP contribution >= 0.6 is 34.8 Å². The van der Waals surface area contributed by atoms with Crippen molar-refractivity contribution in [3.63, 3.8) is 0 Å². The average molecular weight is 328 g/mol. The van der Waals surface area contributed by atoms with Gasteiger partial charge in [-0.3, -0.25) is 0 Å². The van der Waals surface area contributed by atoms with Crippen molar-refractivity contribution in [2.45, 2.75) is 19.8 Å². The van der Waals surface area contributed by atoms with Crippen LogP contribution in [0, 0.1) is 12.8 Å². The maximum atomic E-state index is 6.29. The number of rotatable bonds is 5. The number of benzene rings is 2. The van der Waals surface area contributed by atoms with Gasteiger partial charge in [0.25, 0.3) is 0 Å². The molecule has 2 rings (SSSR count). The Labute approximate surface area is 135 Å². The highest BCUT2D eigenvalue weighted by molar-refractivity contribution is 6.31. The van der Waals surface area contributed by atoms with Crippen molar-refractivity contribution in [1.82, 2.24) is 0 Å². The zero-order valence-corrected chi connectivity index (χ0v) is 13.6. The lowest BCUT2D eigenvalue weighted by atomic mass is 9.93. The van der Waals surface area contributed by atoms with E-state index in [4.69, 9.17) is 34.8 Å². The second-order valence-electron chi connectivity index (χ2n) is 5.15. The predicted octanol–water partition coefficient (Wildman–Crippen LogP) is 5.94. The molecule has 0 bridgehead atoms. The Morgan fingerprint density at radius 2 is 1.80 bits per heavy atom. The summed E-state index contributed by atoms with van der Waals surface area (Å²) in [7, 11) is 0. The third-order valence-electron chi connectivity index (χ3n) is 3.35. The largest absolute Gasteiger partial charge is 0.126 e. The highest BCUT2D eigenvalue weighted by Gasteiger charge is 2.12. The van der Waals surface area contributed by atoms with Gasteiger partial charge < -0.3 is 0 Å². The maximum absolute atomic E-state index is 6.29. The molecule has 2 aromatic carbocycles. The van der Waals surface area contributed by atoms with Crippen molar-refractivity contribution < 1.29 is 0 Å². The molecule has 106 valence electrons. The Morgan fingerprint density at radius 1 is 1.00 bits per heavy atom. The van der Waals surface area contributed by atoms with Crippen LogP contribution in [0.5, 0.6) is 0 Å². The van der Waals surface area contributed by atoms with Crippen LogP contribution in [-0.2, 0) is 12.8 Å². The van der Waals surface area contributed by atoms with E-state index in [1.807, 2.05) is 31.2 Å². The topological polar surface area (TPSA) is 0 Å². The smallest absolute Gasteiger partial charge is 0.0440 e. The van der Waals surface area contributed by atoms with Crippen molar-refractivity contribution >= 4 is 34.8 Å². The van der Waals surface area contributed by atoms with E-state index < -0.39 is 0 Å². The summed E-state index contributed by atoms with van der Waals surface area (Å²) in [5.41, 5.74) is 3.55. The van der Waals surface area contributed by atoms with E-state index in [0.717, 1.165) is 28.5 Å². The molecule has 0 nitrogen and oxygen atoms in total. The van der Waals surface area contributed by atoms with Gasteiger partial charge in [0.15, 0.2) is 0 Å². The fraction of sp³-hybridized carbons (Fsp3) is 0.294. The quantitative estimate of drug-likeness (QED) is 0.596. The van der Waals surface area contributed by atoms with E-state index in [1.165, 1.54) is 11.1 Å². The van der Waals surface area contributed by atoms with Crippen molar-refractivity contribution in [3.05, 3.63) is 69.2 Å². The molecule has 0 heterocycles. The Balaban J connectivity index is 2.09. The number of hydrogen-bond acceptors (Lipinski definition) is 0. The second-order valence-corrected chi connectivity index (χ2v) is 6.31. The summed E-state index contributed by atoms with van der Waals surface area (Å²) in [6, 6.07) is 14.1. The summed E-state index contributed by atoms with van der Waals surface area (Å²) >= 11 is 18.4. The number of hydrogen-bond donors (Lipinski definition) is 0. The molecule has 0 radical (unpaired) electrons. The summed E-state index contributed by atoms with van der Waals surface area (Å²) < 4.78 is 0. The number of halogens is 3. The highest BCUT2D eigenvalue weighted by atomic mass is 35.5. The zero-order valence-electron chi connectivity index (χ0n) is 11.4. The first-order valence-corrected chi connectivity index (χ1v) is 7.93. The van der Waals surface area contributed by atoms with Gasteiger partial charge in [-0.05, 0) is 60.6 Å². The summed E-state index contributed by atoms with van der Waals surface area (Å²) in [6.45, 7) is 2.04. The Bertz CT molecular complexity index is 578. The van der Waals surface area contributed by atoms with E-state index >= 15 is 0 Å². The summed E-state index contributed by atoms with van der Waals surface area (Å²) in [4.78, 5) is 0. The Kier molecular flexibility index (Phi) is 5.77. The van der Waals surface area contributed by atoms with E-state index in [-0.39, 0.29) is 0 Å². The van der Waals surface area contributed by atoms with Crippen LogP contribution in [0.15, 0.2) is 42.5 Å². The normalized spacial score (nSPS) is 12.4. The molecule has 0 saturated carbocycles. The van der Waals surface area contributed by atoms with Gasteiger partial charge in [0.05, 0.1) is 0 Å². The second kappa shape index (κ2) is 7.36. The molecule has 1 atom stereocenters. The van der Waals surface area contributed by atoms with Gasteiger partial charge in [-0.25, -0.2) is 0 Å². The van der Waals surface area contributed by atoms with Crippen LogP contribution < -0.4 is 0 Å². The first kappa shape index (κ1) is 15.7. The molecule has 0 fully saturated rings. The Morgan fingerprint density at radius 3 is 2.45 bits per heavy atom. The van der Waals surface area contributed by atoms with Crippen LogP contribution in [0.4, 0.5) is 0 Å². The molecule has 1 unspecified atom stereocenters.